The largest absolute Gasteiger partial charge is 0.505 e. The van der Waals surface area contributed by atoms with Crippen molar-refractivity contribution < 1.29 is 22.6 Å². The molecule has 0 rings (SSSR count). The van der Waals surface area contributed by atoms with Gasteiger partial charge in [-0.15, -0.1) is 0 Å². The second-order valence-electron chi connectivity index (χ2n) is 1.49. The minimum Gasteiger partial charge on any atom is -0.206 e. The van der Waals surface area contributed by atoms with Crippen LogP contribution in [0.5, 0.6) is 0 Å². The molecule has 0 aromatic heterocycles. The van der Waals surface area contributed by atoms with Gasteiger partial charge in [-0.05, 0) is 4.57 Å². The summed E-state index contributed by atoms with van der Waals surface area (Å²) in [6, 6.07) is 0. The summed E-state index contributed by atoms with van der Waals surface area (Å²) in [5.41, 5.74) is 0. The van der Waals surface area contributed by atoms with Gasteiger partial charge in [0.05, 0.1) is 6.42 Å². The fourth-order valence-corrected chi connectivity index (χ4v) is 0.676. The summed E-state index contributed by atoms with van der Waals surface area (Å²) in [4.78, 5) is 8.06. The van der Waals surface area contributed by atoms with E-state index in [1.165, 1.54) is 0 Å². The molecule has 1 unspecified atom stereocenters. The first-order chi connectivity index (χ1) is 4.54. The van der Waals surface area contributed by atoms with Crippen LogP contribution in [0.1, 0.15) is 6.42 Å². The molecule has 0 aromatic rings. The number of allylic oxidation sites excluding steroid dienone is 1. The molecule has 0 spiro atoms. The van der Waals surface area contributed by atoms with E-state index in [0.717, 1.165) is 0 Å². The summed E-state index contributed by atoms with van der Waals surface area (Å²) >= 11 is 0. The molecule has 2 nitrogen and oxygen atoms in total. The summed E-state index contributed by atoms with van der Waals surface area (Å²) in [5.74, 6) is -1.61. The molecule has 0 saturated heterocycles. The molecule has 10 heavy (non-hydrogen) atoms. The van der Waals surface area contributed by atoms with Crippen molar-refractivity contribution in [3.63, 3.8) is 0 Å². The molecular formula is C4H5F3O2P+. The zero-order chi connectivity index (χ0) is 8.15. The van der Waals surface area contributed by atoms with Gasteiger partial charge in [-0.25, -0.2) is 4.39 Å². The predicted octanol–water partition coefficient (Wildman–Crippen LogP) is 2.19. The summed E-state index contributed by atoms with van der Waals surface area (Å²) in [6.45, 7) is 0. The van der Waals surface area contributed by atoms with E-state index >= 15 is 0 Å². The first kappa shape index (κ1) is 9.59. The van der Waals surface area contributed by atoms with E-state index in [1.54, 1.807) is 0 Å². The second-order valence-corrected chi connectivity index (χ2v) is 2.64. The number of halogens is 3. The Kier molecular flexibility index (Phi) is 4.23. The predicted molar refractivity (Wildman–Crippen MR) is 29.7 cm³/mol. The van der Waals surface area contributed by atoms with Crippen LogP contribution in [-0.4, -0.2) is 11.1 Å². The van der Waals surface area contributed by atoms with Crippen LogP contribution in [0.2, 0.25) is 0 Å². The molecule has 0 fully saturated rings. The maximum absolute atomic E-state index is 11.8. The summed E-state index contributed by atoms with van der Waals surface area (Å²) in [7, 11) is -2.52. The van der Waals surface area contributed by atoms with Crippen LogP contribution in [-0.2, 0) is 4.57 Å². The van der Waals surface area contributed by atoms with E-state index in [4.69, 9.17) is 4.89 Å². The van der Waals surface area contributed by atoms with Crippen LogP contribution in [0.3, 0.4) is 0 Å². The standard InChI is InChI=1S/C4H4F3O2P/c5-3(4(6)7)1-2-10(8)9/h1-2H2/p+1. The lowest BCUT2D eigenvalue weighted by Gasteiger charge is -1.84. The first-order valence-corrected chi connectivity index (χ1v) is 3.77. The number of rotatable bonds is 3. The van der Waals surface area contributed by atoms with Crippen LogP contribution in [0.4, 0.5) is 13.2 Å². The van der Waals surface area contributed by atoms with Gasteiger partial charge < -0.3 is 0 Å². The van der Waals surface area contributed by atoms with Crippen molar-refractivity contribution in [1.29, 1.82) is 0 Å². The van der Waals surface area contributed by atoms with Crippen molar-refractivity contribution in [2.75, 3.05) is 6.16 Å². The summed E-state index contributed by atoms with van der Waals surface area (Å²) in [5, 5.41) is 0. The van der Waals surface area contributed by atoms with E-state index in [-0.39, 0.29) is 0 Å². The molecule has 58 valence electrons. The van der Waals surface area contributed by atoms with Gasteiger partial charge in [-0.2, -0.15) is 13.7 Å². The van der Waals surface area contributed by atoms with E-state index in [2.05, 4.69) is 0 Å². The summed E-state index contributed by atoms with van der Waals surface area (Å²) in [6.07, 6.45) is -3.55. The van der Waals surface area contributed by atoms with Crippen LogP contribution >= 0.6 is 8.03 Å². The molecule has 0 aromatic carbocycles. The van der Waals surface area contributed by atoms with Crippen LogP contribution < -0.4 is 0 Å². The Morgan fingerprint density at radius 3 is 2.20 bits per heavy atom. The molecule has 6 heteroatoms. The van der Waals surface area contributed by atoms with E-state index in [0.29, 0.717) is 0 Å². The second kappa shape index (κ2) is 4.41. The molecule has 0 heterocycles. The maximum atomic E-state index is 11.8. The maximum Gasteiger partial charge on any atom is 0.505 e. The molecule has 0 bridgehead atoms. The summed E-state index contributed by atoms with van der Waals surface area (Å²) < 4.78 is 44.0. The lowest BCUT2D eigenvalue weighted by molar-refractivity contribution is 0.372. The van der Waals surface area contributed by atoms with Gasteiger partial charge in [0.25, 0.3) is 0 Å². The van der Waals surface area contributed by atoms with Crippen molar-refractivity contribution in [3.05, 3.63) is 11.9 Å². The normalized spacial score (nSPS) is 11.0. The molecule has 0 saturated carbocycles. The smallest absolute Gasteiger partial charge is 0.206 e. The Balaban J connectivity index is 3.71. The molecular weight excluding hydrogens is 168 g/mol. The van der Waals surface area contributed by atoms with Gasteiger partial charge in [-0.1, -0.05) is 0 Å². The average molecular weight is 173 g/mol. The van der Waals surface area contributed by atoms with Gasteiger partial charge in [0.2, 0.25) is 0 Å². The van der Waals surface area contributed by atoms with Crippen LogP contribution in [0.25, 0.3) is 0 Å². The number of hydrogen-bond donors (Lipinski definition) is 1. The van der Waals surface area contributed by atoms with Gasteiger partial charge in [0.1, 0.15) is 0 Å². The Bertz CT molecular complexity index is 164. The van der Waals surface area contributed by atoms with Crippen molar-refractivity contribution in [1.82, 2.24) is 0 Å². The van der Waals surface area contributed by atoms with Crippen molar-refractivity contribution >= 4 is 8.03 Å². The highest BCUT2D eigenvalue weighted by Crippen LogP contribution is 2.20. The zero-order valence-corrected chi connectivity index (χ0v) is 5.75. The lowest BCUT2D eigenvalue weighted by Crippen LogP contribution is -1.80. The lowest BCUT2D eigenvalue weighted by atomic mass is 10.4. The highest BCUT2D eigenvalue weighted by molar-refractivity contribution is 7.37. The van der Waals surface area contributed by atoms with Crippen LogP contribution in [0, 0.1) is 0 Å². The number of hydrogen-bond acceptors (Lipinski definition) is 1. The van der Waals surface area contributed by atoms with E-state index in [9.17, 15) is 17.7 Å². The van der Waals surface area contributed by atoms with Crippen molar-refractivity contribution in [2.24, 2.45) is 0 Å². The Labute approximate surface area is 56.2 Å². The van der Waals surface area contributed by atoms with Gasteiger partial charge in [0.15, 0.2) is 12.0 Å². The SMILES string of the molecule is O=[P+](O)CCC(F)=C(F)F. The fourth-order valence-electron chi connectivity index (χ4n) is 0.288. The first-order valence-electron chi connectivity index (χ1n) is 2.37. The topological polar surface area (TPSA) is 37.3 Å². The Morgan fingerprint density at radius 1 is 1.40 bits per heavy atom. The minimum absolute atomic E-state index is 0.460. The Morgan fingerprint density at radius 2 is 1.90 bits per heavy atom. The third-order valence-electron chi connectivity index (χ3n) is 0.728. The average Bonchev–Trinajstić information content (AvgIpc) is 1.82. The monoisotopic (exact) mass is 173 g/mol. The van der Waals surface area contributed by atoms with Crippen molar-refractivity contribution in [3.8, 4) is 0 Å². The van der Waals surface area contributed by atoms with E-state index in [1.807, 2.05) is 0 Å². The molecule has 1 atom stereocenters. The fraction of sp³-hybridized carbons (Fsp3) is 0.500. The molecule has 0 aliphatic rings. The molecule has 0 aliphatic heterocycles. The highest BCUT2D eigenvalue weighted by Gasteiger charge is 2.14. The quantitative estimate of drug-likeness (QED) is 0.664. The van der Waals surface area contributed by atoms with E-state index < -0.39 is 32.5 Å². The van der Waals surface area contributed by atoms with Gasteiger partial charge in [0, 0.05) is 0 Å². The molecule has 1 N–H and O–H groups in total. The molecule has 0 radical (unpaired) electrons. The van der Waals surface area contributed by atoms with Crippen molar-refractivity contribution in [2.45, 2.75) is 6.42 Å². The third kappa shape index (κ3) is 4.47. The molecule has 0 aliphatic carbocycles. The van der Waals surface area contributed by atoms with Crippen LogP contribution in [0.15, 0.2) is 11.9 Å². The van der Waals surface area contributed by atoms with Gasteiger partial charge in [-0.3, -0.25) is 0 Å². The minimum atomic E-state index is -2.52. The Hall–Kier alpha value is -0.410. The molecule has 0 amide bonds. The third-order valence-corrected chi connectivity index (χ3v) is 1.33. The zero-order valence-electron chi connectivity index (χ0n) is 4.85. The van der Waals surface area contributed by atoms with Gasteiger partial charge >= 0.3 is 14.1 Å². The highest BCUT2D eigenvalue weighted by atomic mass is 31.1.